The molecule has 2 aromatic rings. The third-order valence-corrected chi connectivity index (χ3v) is 4.22. The molecule has 28 heavy (non-hydrogen) atoms. The molecular formula is C21H25N3O4. The van der Waals surface area contributed by atoms with Crippen LogP contribution in [0, 0.1) is 0 Å². The molecule has 0 saturated carbocycles. The van der Waals surface area contributed by atoms with Crippen molar-refractivity contribution in [2.24, 2.45) is 0 Å². The van der Waals surface area contributed by atoms with Crippen LogP contribution in [0.2, 0.25) is 0 Å². The van der Waals surface area contributed by atoms with Gasteiger partial charge in [-0.25, -0.2) is 4.79 Å². The highest BCUT2D eigenvalue weighted by Gasteiger charge is 2.29. The van der Waals surface area contributed by atoms with Crippen LogP contribution in [-0.4, -0.2) is 29.1 Å². The van der Waals surface area contributed by atoms with Gasteiger partial charge in [0.2, 0.25) is 0 Å². The van der Waals surface area contributed by atoms with Gasteiger partial charge in [0.1, 0.15) is 0 Å². The van der Waals surface area contributed by atoms with Gasteiger partial charge in [-0.05, 0) is 69.7 Å². The molecule has 0 bridgehead atoms. The number of nitrogens with one attached hydrogen (secondary N) is 3. The Kier molecular flexibility index (Phi) is 6.41. The van der Waals surface area contributed by atoms with Crippen molar-refractivity contribution in [3.05, 3.63) is 59.7 Å². The number of rotatable bonds is 6. The number of anilines is 2. The average Bonchev–Trinajstić information content (AvgIpc) is 2.61. The first-order valence-corrected chi connectivity index (χ1v) is 8.92. The van der Waals surface area contributed by atoms with Crippen molar-refractivity contribution in [3.63, 3.8) is 0 Å². The fourth-order valence-electron chi connectivity index (χ4n) is 2.43. The summed E-state index contributed by atoms with van der Waals surface area (Å²) in [5, 5.41) is 17.5. The molecule has 2 rings (SSSR count). The summed E-state index contributed by atoms with van der Waals surface area (Å²) in [7, 11) is 0. The molecule has 148 valence electrons. The maximum Gasteiger partial charge on any atom is 0.319 e. The van der Waals surface area contributed by atoms with Gasteiger partial charge < -0.3 is 21.1 Å². The Morgan fingerprint density at radius 2 is 1.36 bits per heavy atom. The zero-order valence-electron chi connectivity index (χ0n) is 16.4. The molecule has 0 aliphatic heterocycles. The minimum absolute atomic E-state index is 0.0255. The minimum atomic E-state index is -1.01. The van der Waals surface area contributed by atoms with Crippen LogP contribution >= 0.6 is 0 Å². The normalized spacial score (nSPS) is 11.0. The number of amides is 3. The molecule has 0 aliphatic rings. The maximum absolute atomic E-state index is 12.4. The van der Waals surface area contributed by atoms with Gasteiger partial charge in [-0.1, -0.05) is 12.1 Å². The Morgan fingerprint density at radius 1 is 0.857 bits per heavy atom. The van der Waals surface area contributed by atoms with Crippen molar-refractivity contribution in [1.29, 1.82) is 0 Å². The highest BCUT2D eigenvalue weighted by molar-refractivity contribution is 6.04. The predicted octanol–water partition coefficient (Wildman–Crippen LogP) is 3.83. The number of aliphatic carboxylic acids is 1. The summed E-state index contributed by atoms with van der Waals surface area (Å²) >= 11 is 0. The van der Waals surface area contributed by atoms with E-state index in [1.165, 1.54) is 0 Å². The second kappa shape index (κ2) is 8.56. The van der Waals surface area contributed by atoms with Crippen LogP contribution in [-0.2, 0) is 10.2 Å². The monoisotopic (exact) mass is 383 g/mol. The first-order valence-electron chi connectivity index (χ1n) is 8.92. The second-order valence-electron chi connectivity index (χ2n) is 7.29. The minimum Gasteiger partial charge on any atom is -0.481 e. The van der Waals surface area contributed by atoms with E-state index in [4.69, 9.17) is 0 Å². The number of carbonyl (C=O) groups excluding carboxylic acids is 2. The van der Waals surface area contributed by atoms with E-state index in [9.17, 15) is 19.5 Å². The van der Waals surface area contributed by atoms with Crippen molar-refractivity contribution < 1.29 is 19.5 Å². The van der Waals surface area contributed by atoms with E-state index in [0.717, 1.165) is 0 Å². The molecule has 2 aromatic carbocycles. The van der Waals surface area contributed by atoms with Gasteiger partial charge in [-0.15, -0.1) is 0 Å². The molecule has 3 amide bonds. The molecule has 0 heterocycles. The van der Waals surface area contributed by atoms with Crippen LogP contribution in [0.1, 0.15) is 43.6 Å². The number of carboxylic acids is 1. The quantitative estimate of drug-likeness (QED) is 0.608. The van der Waals surface area contributed by atoms with E-state index in [0.29, 0.717) is 22.5 Å². The summed E-state index contributed by atoms with van der Waals surface area (Å²) in [4.78, 5) is 35.4. The van der Waals surface area contributed by atoms with E-state index in [-0.39, 0.29) is 18.0 Å². The number of carbonyl (C=O) groups is 3. The Labute approximate surface area is 164 Å². The molecule has 4 N–H and O–H groups in total. The third kappa shape index (κ3) is 5.33. The van der Waals surface area contributed by atoms with Gasteiger partial charge in [-0.3, -0.25) is 9.59 Å². The zero-order valence-corrected chi connectivity index (χ0v) is 16.4. The van der Waals surface area contributed by atoms with Crippen LogP contribution in [0.25, 0.3) is 0 Å². The highest BCUT2D eigenvalue weighted by atomic mass is 16.4. The summed E-state index contributed by atoms with van der Waals surface area (Å²) in [6.07, 6.45) is 0. The smallest absolute Gasteiger partial charge is 0.319 e. The van der Waals surface area contributed by atoms with Gasteiger partial charge in [0.15, 0.2) is 0 Å². The lowest BCUT2D eigenvalue weighted by Crippen LogP contribution is -2.34. The van der Waals surface area contributed by atoms with Crippen molar-refractivity contribution in [3.8, 4) is 0 Å². The van der Waals surface area contributed by atoms with Crippen LogP contribution < -0.4 is 16.0 Å². The summed E-state index contributed by atoms with van der Waals surface area (Å²) in [6.45, 7) is 6.98. The molecule has 0 spiro atoms. The third-order valence-electron chi connectivity index (χ3n) is 4.22. The highest BCUT2D eigenvalue weighted by Crippen LogP contribution is 2.25. The van der Waals surface area contributed by atoms with E-state index in [1.54, 1.807) is 62.4 Å². The molecule has 7 nitrogen and oxygen atoms in total. The number of benzene rings is 2. The SMILES string of the molecule is CC(C)NC(=O)Nc1ccc(C(=O)Nc2ccc(C(C)(C)C(=O)O)cc2)cc1. The molecule has 7 heteroatoms. The summed E-state index contributed by atoms with van der Waals surface area (Å²) < 4.78 is 0. The lowest BCUT2D eigenvalue weighted by atomic mass is 9.85. The number of hydrogen-bond acceptors (Lipinski definition) is 3. The predicted molar refractivity (Wildman–Crippen MR) is 109 cm³/mol. The van der Waals surface area contributed by atoms with Gasteiger partial charge >= 0.3 is 12.0 Å². The van der Waals surface area contributed by atoms with E-state index >= 15 is 0 Å². The van der Waals surface area contributed by atoms with Gasteiger partial charge in [0, 0.05) is 23.0 Å². The Bertz CT molecular complexity index is 856. The fourth-order valence-corrected chi connectivity index (χ4v) is 2.43. The van der Waals surface area contributed by atoms with Crippen LogP contribution in [0.5, 0.6) is 0 Å². The van der Waals surface area contributed by atoms with E-state index in [1.807, 2.05) is 13.8 Å². The first-order chi connectivity index (χ1) is 13.1. The molecular weight excluding hydrogens is 358 g/mol. The summed E-state index contributed by atoms with van der Waals surface area (Å²) in [6, 6.07) is 12.9. The molecule has 0 saturated heterocycles. The van der Waals surface area contributed by atoms with Crippen molar-refractivity contribution in [1.82, 2.24) is 5.32 Å². The van der Waals surface area contributed by atoms with E-state index < -0.39 is 11.4 Å². The second-order valence-corrected chi connectivity index (χ2v) is 7.29. The zero-order chi connectivity index (χ0) is 20.9. The molecule has 0 radical (unpaired) electrons. The maximum atomic E-state index is 12.4. The standard InChI is InChI=1S/C21H25N3O4/c1-13(2)22-20(28)24-17-9-5-14(6-10-17)18(25)23-16-11-7-15(8-12-16)21(3,4)19(26)27/h5-13H,1-4H3,(H,23,25)(H,26,27)(H2,22,24,28). The number of carboxylic acid groups (broad SMARTS) is 1. The molecule has 0 aromatic heterocycles. The summed E-state index contributed by atoms with van der Waals surface area (Å²) in [5.41, 5.74) is 1.22. The Hall–Kier alpha value is -3.35. The Morgan fingerprint density at radius 3 is 1.86 bits per heavy atom. The molecule has 0 fully saturated rings. The van der Waals surface area contributed by atoms with Gasteiger partial charge in [-0.2, -0.15) is 0 Å². The first kappa shape index (κ1) is 21.0. The molecule has 0 unspecified atom stereocenters. The van der Waals surface area contributed by atoms with Crippen LogP contribution in [0.15, 0.2) is 48.5 Å². The van der Waals surface area contributed by atoms with Gasteiger partial charge in [0.25, 0.3) is 5.91 Å². The number of hydrogen-bond donors (Lipinski definition) is 4. The summed E-state index contributed by atoms with van der Waals surface area (Å²) in [5.74, 6) is -1.22. The number of urea groups is 1. The van der Waals surface area contributed by atoms with Crippen molar-refractivity contribution >= 4 is 29.3 Å². The fraction of sp³-hybridized carbons (Fsp3) is 0.286. The largest absolute Gasteiger partial charge is 0.481 e. The lowest BCUT2D eigenvalue weighted by Gasteiger charge is -2.19. The van der Waals surface area contributed by atoms with Crippen molar-refractivity contribution in [2.75, 3.05) is 10.6 Å². The van der Waals surface area contributed by atoms with Gasteiger partial charge in [0.05, 0.1) is 5.41 Å². The Balaban J connectivity index is 2.01. The van der Waals surface area contributed by atoms with E-state index in [2.05, 4.69) is 16.0 Å². The molecule has 0 atom stereocenters. The van der Waals surface area contributed by atoms with Crippen LogP contribution in [0.4, 0.5) is 16.2 Å². The topological polar surface area (TPSA) is 108 Å². The molecule has 0 aliphatic carbocycles. The average molecular weight is 383 g/mol. The van der Waals surface area contributed by atoms with Crippen molar-refractivity contribution in [2.45, 2.75) is 39.2 Å². The lowest BCUT2D eigenvalue weighted by molar-refractivity contribution is -0.142. The van der Waals surface area contributed by atoms with Crippen LogP contribution in [0.3, 0.4) is 0 Å².